The molecule has 1 aliphatic heterocycles. The van der Waals surface area contributed by atoms with Gasteiger partial charge in [0.05, 0.1) is 19.4 Å². The van der Waals surface area contributed by atoms with Gasteiger partial charge in [0.15, 0.2) is 0 Å². The van der Waals surface area contributed by atoms with Gasteiger partial charge in [-0.15, -0.1) is 0 Å². The number of rotatable bonds is 4. The molecule has 0 aromatic heterocycles. The molecule has 0 bridgehead atoms. The maximum absolute atomic E-state index is 13.4. The highest BCUT2D eigenvalue weighted by Crippen LogP contribution is 2.07. The lowest BCUT2D eigenvalue weighted by molar-refractivity contribution is 0.0127. The number of nitrogens with one attached hydrogen (secondary N) is 1. The highest BCUT2D eigenvalue weighted by Gasteiger charge is 2.16. The smallest absolute Gasteiger partial charge is 0.127 e. The number of morpholine rings is 1. The van der Waals surface area contributed by atoms with Crippen molar-refractivity contribution in [2.75, 3.05) is 26.3 Å². The van der Waals surface area contributed by atoms with E-state index in [1.54, 1.807) is 12.1 Å². The minimum Gasteiger partial charge on any atom is -0.379 e. The largest absolute Gasteiger partial charge is 0.379 e. The third-order valence-electron chi connectivity index (χ3n) is 3.07. The Balaban J connectivity index is 1.83. The van der Waals surface area contributed by atoms with Crippen LogP contribution in [0.25, 0.3) is 0 Å². The fraction of sp³-hybridized carbons (Fsp3) is 0.538. The maximum Gasteiger partial charge on any atom is 0.127 e. The first-order valence-corrected chi connectivity index (χ1v) is 5.97. The molecular formula is C13H18FN2O. The third kappa shape index (κ3) is 3.49. The molecule has 0 saturated carbocycles. The van der Waals surface area contributed by atoms with Gasteiger partial charge in [-0.3, -0.25) is 10.2 Å². The summed E-state index contributed by atoms with van der Waals surface area (Å²) in [5, 5.41) is 3.32. The summed E-state index contributed by atoms with van der Waals surface area (Å²) in [6, 6.07) is 7.61. The molecular weight excluding hydrogens is 219 g/mol. The van der Waals surface area contributed by atoms with Crippen LogP contribution >= 0.6 is 0 Å². The summed E-state index contributed by atoms with van der Waals surface area (Å²) in [4.78, 5) is 2.30. The van der Waals surface area contributed by atoms with Gasteiger partial charge in [-0.25, -0.2) is 4.39 Å². The summed E-state index contributed by atoms with van der Waals surface area (Å²) in [6.45, 7) is 6.03. The number of hydrogen-bond acceptors (Lipinski definition) is 3. The maximum atomic E-state index is 13.4. The van der Waals surface area contributed by atoms with Crippen LogP contribution in [0.15, 0.2) is 18.2 Å². The van der Waals surface area contributed by atoms with E-state index in [0.29, 0.717) is 12.1 Å². The summed E-state index contributed by atoms with van der Waals surface area (Å²) in [7, 11) is 0. The quantitative estimate of drug-likeness (QED) is 0.856. The van der Waals surface area contributed by atoms with Crippen molar-refractivity contribution in [3.63, 3.8) is 0 Å². The number of hydrogen-bond donors (Lipinski definition) is 1. The molecule has 1 aromatic rings. The highest BCUT2D eigenvalue weighted by molar-refractivity contribution is 5.16. The fourth-order valence-electron chi connectivity index (χ4n) is 1.93. The Bertz CT molecular complexity index is 353. The molecule has 2 rings (SSSR count). The molecule has 0 aliphatic carbocycles. The monoisotopic (exact) mass is 237 g/mol. The van der Waals surface area contributed by atoms with E-state index in [-0.39, 0.29) is 12.0 Å². The molecule has 1 heterocycles. The third-order valence-corrected chi connectivity index (χ3v) is 3.07. The van der Waals surface area contributed by atoms with Crippen LogP contribution in [0.2, 0.25) is 0 Å². The van der Waals surface area contributed by atoms with Gasteiger partial charge >= 0.3 is 0 Å². The van der Waals surface area contributed by atoms with Crippen LogP contribution < -0.4 is 5.32 Å². The predicted molar refractivity (Wildman–Crippen MR) is 63.9 cm³/mol. The Labute approximate surface area is 102 Å². The van der Waals surface area contributed by atoms with Crippen molar-refractivity contribution >= 4 is 0 Å². The van der Waals surface area contributed by atoms with Gasteiger partial charge in [0.25, 0.3) is 0 Å². The molecule has 0 spiro atoms. The summed E-state index contributed by atoms with van der Waals surface area (Å²) in [6.07, 6.45) is 0.235. The van der Waals surface area contributed by atoms with Crippen molar-refractivity contribution in [1.29, 1.82) is 0 Å². The first-order valence-electron chi connectivity index (χ1n) is 5.97. The molecule has 17 heavy (non-hydrogen) atoms. The summed E-state index contributed by atoms with van der Waals surface area (Å²) in [5.41, 5.74) is 0.660. The Morgan fingerprint density at radius 2 is 2.29 bits per heavy atom. The standard InChI is InChI=1S/C13H18FN2O/c1-11(16-6-8-17-9-7-16)15-10-12-4-2-3-5-13(12)14/h3-5,11,15H,6-10H2,1H3. The first kappa shape index (κ1) is 12.5. The van der Waals surface area contributed by atoms with E-state index in [9.17, 15) is 4.39 Å². The van der Waals surface area contributed by atoms with E-state index < -0.39 is 0 Å². The van der Waals surface area contributed by atoms with Crippen LogP contribution in [-0.2, 0) is 11.3 Å². The molecule has 1 radical (unpaired) electrons. The van der Waals surface area contributed by atoms with E-state index in [1.165, 1.54) is 6.07 Å². The van der Waals surface area contributed by atoms with E-state index in [1.807, 2.05) is 0 Å². The van der Waals surface area contributed by atoms with E-state index in [0.717, 1.165) is 26.3 Å². The summed E-state index contributed by atoms with van der Waals surface area (Å²) < 4.78 is 18.7. The van der Waals surface area contributed by atoms with Gasteiger partial charge in [-0.2, -0.15) is 0 Å². The topological polar surface area (TPSA) is 24.5 Å². The van der Waals surface area contributed by atoms with Gasteiger partial charge in [-0.05, 0) is 25.1 Å². The molecule has 4 heteroatoms. The molecule has 1 N–H and O–H groups in total. The second-order valence-corrected chi connectivity index (χ2v) is 4.22. The number of ether oxygens (including phenoxy) is 1. The molecule has 1 atom stereocenters. The minimum atomic E-state index is -0.176. The SMILES string of the molecule is CC(NCc1c[c]ccc1F)N1CCOCC1. The lowest BCUT2D eigenvalue weighted by Crippen LogP contribution is -2.48. The van der Waals surface area contributed by atoms with Crippen LogP contribution in [-0.4, -0.2) is 37.4 Å². The van der Waals surface area contributed by atoms with Gasteiger partial charge in [0.1, 0.15) is 5.82 Å². The number of nitrogens with zero attached hydrogens (tertiary/aromatic N) is 1. The molecule has 1 saturated heterocycles. The number of benzene rings is 1. The average Bonchev–Trinajstić information content (AvgIpc) is 2.38. The average molecular weight is 237 g/mol. The van der Waals surface area contributed by atoms with Crippen molar-refractivity contribution in [2.24, 2.45) is 0 Å². The minimum absolute atomic E-state index is 0.176. The normalized spacial score (nSPS) is 19.2. The van der Waals surface area contributed by atoms with Crippen LogP contribution in [0.4, 0.5) is 4.39 Å². The van der Waals surface area contributed by atoms with Crippen molar-refractivity contribution in [3.05, 3.63) is 35.6 Å². The van der Waals surface area contributed by atoms with Gasteiger partial charge in [0.2, 0.25) is 0 Å². The van der Waals surface area contributed by atoms with E-state index >= 15 is 0 Å². The summed E-state index contributed by atoms with van der Waals surface area (Å²) >= 11 is 0. The molecule has 0 amide bonds. The lowest BCUT2D eigenvalue weighted by Gasteiger charge is -2.32. The number of halogens is 1. The Kier molecular flexibility index (Phi) is 4.48. The van der Waals surface area contributed by atoms with Crippen molar-refractivity contribution in [2.45, 2.75) is 19.6 Å². The fourth-order valence-corrected chi connectivity index (χ4v) is 1.93. The van der Waals surface area contributed by atoms with Crippen molar-refractivity contribution in [1.82, 2.24) is 10.2 Å². The van der Waals surface area contributed by atoms with Gasteiger partial charge < -0.3 is 4.74 Å². The van der Waals surface area contributed by atoms with Crippen LogP contribution in [0.3, 0.4) is 0 Å². The predicted octanol–water partition coefficient (Wildman–Crippen LogP) is 1.39. The molecule has 1 aromatic carbocycles. The van der Waals surface area contributed by atoms with Crippen molar-refractivity contribution < 1.29 is 9.13 Å². The van der Waals surface area contributed by atoms with Gasteiger partial charge in [-0.1, -0.05) is 6.07 Å². The zero-order valence-electron chi connectivity index (χ0n) is 10.1. The van der Waals surface area contributed by atoms with Crippen LogP contribution in [0.1, 0.15) is 12.5 Å². The Hall–Kier alpha value is -0.970. The van der Waals surface area contributed by atoms with E-state index in [4.69, 9.17) is 4.74 Å². The zero-order chi connectivity index (χ0) is 12.1. The summed E-state index contributed by atoms with van der Waals surface area (Å²) in [5.74, 6) is -0.176. The molecule has 1 fully saturated rings. The van der Waals surface area contributed by atoms with Gasteiger partial charge in [0, 0.05) is 25.2 Å². The van der Waals surface area contributed by atoms with Crippen molar-refractivity contribution in [3.8, 4) is 0 Å². The van der Waals surface area contributed by atoms with Crippen LogP contribution in [0, 0.1) is 11.9 Å². The van der Waals surface area contributed by atoms with Crippen LogP contribution in [0.5, 0.6) is 0 Å². The molecule has 1 unspecified atom stereocenters. The highest BCUT2D eigenvalue weighted by atomic mass is 19.1. The van der Waals surface area contributed by atoms with E-state index in [2.05, 4.69) is 23.2 Å². The second kappa shape index (κ2) is 6.10. The molecule has 3 nitrogen and oxygen atoms in total. The lowest BCUT2D eigenvalue weighted by atomic mass is 10.2. The second-order valence-electron chi connectivity index (χ2n) is 4.22. The molecule has 93 valence electrons. The first-order chi connectivity index (χ1) is 8.27. The Morgan fingerprint density at radius 1 is 1.53 bits per heavy atom. The molecule has 1 aliphatic rings. The Morgan fingerprint density at radius 3 is 3.00 bits per heavy atom. The zero-order valence-corrected chi connectivity index (χ0v) is 10.1.